The lowest BCUT2D eigenvalue weighted by Crippen LogP contribution is -2.28. The summed E-state index contributed by atoms with van der Waals surface area (Å²) in [7, 11) is 0. The standard InChI is InChI=1S/C15H18ClN3O2/c1-10(6-7-20)9-17-15(21)14-8-13(18-19-14)11-2-4-12(16)5-3-11/h2-5,8,10,20H,6-7,9H2,1H3,(H,17,21)(H,18,19). The quantitative estimate of drug-likeness (QED) is 0.767. The van der Waals surface area contributed by atoms with E-state index in [1.54, 1.807) is 18.2 Å². The highest BCUT2D eigenvalue weighted by molar-refractivity contribution is 6.30. The van der Waals surface area contributed by atoms with Gasteiger partial charge in [0.1, 0.15) is 5.69 Å². The molecule has 1 unspecified atom stereocenters. The third kappa shape index (κ3) is 4.31. The number of nitrogens with zero attached hydrogens (tertiary/aromatic N) is 1. The number of H-pyrrole nitrogens is 1. The molecule has 0 saturated carbocycles. The highest BCUT2D eigenvalue weighted by Crippen LogP contribution is 2.20. The van der Waals surface area contributed by atoms with Crippen molar-refractivity contribution in [1.82, 2.24) is 15.5 Å². The molecule has 6 heteroatoms. The van der Waals surface area contributed by atoms with Crippen molar-refractivity contribution in [3.63, 3.8) is 0 Å². The number of aromatic nitrogens is 2. The fourth-order valence-electron chi connectivity index (χ4n) is 1.89. The van der Waals surface area contributed by atoms with Crippen LogP contribution in [0.3, 0.4) is 0 Å². The Kier molecular flexibility index (Phi) is 5.36. The minimum Gasteiger partial charge on any atom is -0.396 e. The predicted molar refractivity (Wildman–Crippen MR) is 82.2 cm³/mol. The molecule has 1 atom stereocenters. The van der Waals surface area contributed by atoms with E-state index < -0.39 is 0 Å². The Balaban J connectivity index is 1.99. The van der Waals surface area contributed by atoms with E-state index in [1.165, 1.54) is 0 Å². The number of carbonyl (C=O) groups excluding carboxylic acids is 1. The van der Waals surface area contributed by atoms with Crippen molar-refractivity contribution < 1.29 is 9.90 Å². The molecule has 0 aliphatic carbocycles. The Hall–Kier alpha value is -1.85. The minimum atomic E-state index is -0.201. The molecule has 0 aliphatic heterocycles. The lowest BCUT2D eigenvalue weighted by molar-refractivity contribution is 0.0940. The molecule has 1 amide bonds. The Morgan fingerprint density at radius 2 is 2.14 bits per heavy atom. The van der Waals surface area contributed by atoms with Crippen LogP contribution in [0.1, 0.15) is 23.8 Å². The van der Waals surface area contributed by atoms with Crippen molar-refractivity contribution in [2.75, 3.05) is 13.2 Å². The van der Waals surface area contributed by atoms with Crippen LogP contribution in [0.25, 0.3) is 11.3 Å². The van der Waals surface area contributed by atoms with Crippen LogP contribution in [0.15, 0.2) is 30.3 Å². The fraction of sp³-hybridized carbons (Fsp3) is 0.333. The number of hydrogen-bond acceptors (Lipinski definition) is 3. The molecule has 2 rings (SSSR count). The number of hydrogen-bond donors (Lipinski definition) is 3. The topological polar surface area (TPSA) is 78.0 Å². The summed E-state index contributed by atoms with van der Waals surface area (Å²) >= 11 is 5.84. The first kappa shape index (κ1) is 15.5. The normalized spacial score (nSPS) is 12.1. The van der Waals surface area contributed by atoms with Gasteiger partial charge in [-0.1, -0.05) is 30.7 Å². The lowest BCUT2D eigenvalue weighted by atomic mass is 10.1. The first-order valence-electron chi connectivity index (χ1n) is 6.80. The SMILES string of the molecule is CC(CCO)CNC(=O)c1cc(-c2ccc(Cl)cc2)n[nH]1. The largest absolute Gasteiger partial charge is 0.396 e. The van der Waals surface area contributed by atoms with E-state index in [0.29, 0.717) is 29.4 Å². The maximum Gasteiger partial charge on any atom is 0.269 e. The molecule has 2 aromatic rings. The third-order valence-electron chi connectivity index (χ3n) is 3.20. The van der Waals surface area contributed by atoms with E-state index in [2.05, 4.69) is 15.5 Å². The van der Waals surface area contributed by atoms with Gasteiger partial charge in [0.2, 0.25) is 0 Å². The molecule has 0 saturated heterocycles. The predicted octanol–water partition coefficient (Wildman–Crippen LogP) is 2.48. The first-order valence-corrected chi connectivity index (χ1v) is 7.18. The smallest absolute Gasteiger partial charge is 0.269 e. The Bertz CT molecular complexity index is 595. The molecule has 0 spiro atoms. The van der Waals surface area contributed by atoms with Crippen molar-refractivity contribution in [2.24, 2.45) is 5.92 Å². The van der Waals surface area contributed by atoms with Gasteiger partial charge in [-0.25, -0.2) is 0 Å². The second-order valence-electron chi connectivity index (χ2n) is 5.00. The molecular weight excluding hydrogens is 290 g/mol. The zero-order chi connectivity index (χ0) is 15.2. The van der Waals surface area contributed by atoms with Crippen LogP contribution in [0.4, 0.5) is 0 Å². The molecular formula is C15H18ClN3O2. The summed E-state index contributed by atoms with van der Waals surface area (Å²) in [6.07, 6.45) is 0.666. The number of aliphatic hydroxyl groups is 1. The van der Waals surface area contributed by atoms with Crippen LogP contribution >= 0.6 is 11.6 Å². The number of halogens is 1. The summed E-state index contributed by atoms with van der Waals surface area (Å²) in [5.41, 5.74) is 2.00. The molecule has 0 fully saturated rings. The lowest BCUT2D eigenvalue weighted by Gasteiger charge is -2.09. The van der Waals surface area contributed by atoms with Crippen LogP contribution in [-0.4, -0.2) is 34.4 Å². The van der Waals surface area contributed by atoms with E-state index in [1.807, 2.05) is 19.1 Å². The van der Waals surface area contributed by atoms with Crippen LogP contribution in [0, 0.1) is 5.92 Å². The highest BCUT2D eigenvalue weighted by Gasteiger charge is 2.12. The third-order valence-corrected chi connectivity index (χ3v) is 3.45. The minimum absolute atomic E-state index is 0.127. The molecule has 112 valence electrons. The Labute approximate surface area is 128 Å². The van der Waals surface area contributed by atoms with E-state index in [0.717, 1.165) is 5.56 Å². The van der Waals surface area contributed by atoms with Crippen LogP contribution in [0.5, 0.6) is 0 Å². The summed E-state index contributed by atoms with van der Waals surface area (Å²) in [5.74, 6) is 0.0325. The molecule has 0 radical (unpaired) electrons. The molecule has 1 aromatic carbocycles. The van der Waals surface area contributed by atoms with Crippen molar-refractivity contribution in [3.05, 3.63) is 41.0 Å². The van der Waals surface area contributed by atoms with Gasteiger partial charge >= 0.3 is 0 Å². The second kappa shape index (κ2) is 7.24. The van der Waals surface area contributed by atoms with Gasteiger partial charge in [-0.2, -0.15) is 5.10 Å². The van der Waals surface area contributed by atoms with Gasteiger partial charge < -0.3 is 10.4 Å². The number of carbonyl (C=O) groups is 1. The van der Waals surface area contributed by atoms with Gasteiger partial charge in [-0.05, 0) is 30.5 Å². The summed E-state index contributed by atoms with van der Waals surface area (Å²) in [4.78, 5) is 12.0. The average Bonchev–Trinajstić information content (AvgIpc) is 2.96. The molecule has 21 heavy (non-hydrogen) atoms. The molecule has 1 heterocycles. The number of aromatic amines is 1. The van der Waals surface area contributed by atoms with E-state index >= 15 is 0 Å². The van der Waals surface area contributed by atoms with Crippen molar-refractivity contribution >= 4 is 17.5 Å². The maximum absolute atomic E-state index is 12.0. The molecule has 3 N–H and O–H groups in total. The van der Waals surface area contributed by atoms with E-state index in [4.69, 9.17) is 16.7 Å². The summed E-state index contributed by atoms with van der Waals surface area (Å²) in [6.45, 7) is 2.62. The average molecular weight is 308 g/mol. The number of rotatable bonds is 6. The van der Waals surface area contributed by atoms with Crippen LogP contribution < -0.4 is 5.32 Å². The van der Waals surface area contributed by atoms with Gasteiger partial charge in [0.15, 0.2) is 0 Å². The fourth-order valence-corrected chi connectivity index (χ4v) is 2.02. The first-order chi connectivity index (χ1) is 10.1. The number of amides is 1. The Morgan fingerprint density at radius 1 is 1.43 bits per heavy atom. The molecule has 5 nitrogen and oxygen atoms in total. The van der Waals surface area contributed by atoms with Crippen LogP contribution in [0.2, 0.25) is 5.02 Å². The van der Waals surface area contributed by atoms with Gasteiger partial charge in [0, 0.05) is 23.7 Å². The molecule has 0 bridgehead atoms. The van der Waals surface area contributed by atoms with Gasteiger partial charge in [0.25, 0.3) is 5.91 Å². The summed E-state index contributed by atoms with van der Waals surface area (Å²) < 4.78 is 0. The summed E-state index contributed by atoms with van der Waals surface area (Å²) in [5, 5.41) is 19.2. The molecule has 0 aliphatic rings. The van der Waals surface area contributed by atoms with Gasteiger partial charge in [-0.3, -0.25) is 9.89 Å². The maximum atomic E-state index is 12.0. The number of nitrogens with one attached hydrogen (secondary N) is 2. The highest BCUT2D eigenvalue weighted by atomic mass is 35.5. The van der Waals surface area contributed by atoms with Crippen molar-refractivity contribution in [2.45, 2.75) is 13.3 Å². The van der Waals surface area contributed by atoms with Gasteiger partial charge in [-0.15, -0.1) is 0 Å². The zero-order valence-electron chi connectivity index (χ0n) is 11.8. The van der Waals surface area contributed by atoms with Crippen molar-refractivity contribution in [3.8, 4) is 11.3 Å². The summed E-state index contributed by atoms with van der Waals surface area (Å²) in [6, 6.07) is 8.96. The second-order valence-corrected chi connectivity index (χ2v) is 5.44. The van der Waals surface area contributed by atoms with Crippen molar-refractivity contribution in [1.29, 1.82) is 0 Å². The zero-order valence-corrected chi connectivity index (χ0v) is 12.5. The number of benzene rings is 1. The van der Waals surface area contributed by atoms with Gasteiger partial charge in [0.05, 0.1) is 5.69 Å². The van der Waals surface area contributed by atoms with Crippen LogP contribution in [-0.2, 0) is 0 Å². The Morgan fingerprint density at radius 3 is 2.81 bits per heavy atom. The number of aliphatic hydroxyl groups excluding tert-OH is 1. The van der Waals surface area contributed by atoms with E-state index in [9.17, 15) is 4.79 Å². The monoisotopic (exact) mass is 307 g/mol. The molecule has 1 aromatic heterocycles. The van der Waals surface area contributed by atoms with E-state index in [-0.39, 0.29) is 18.4 Å².